The van der Waals surface area contributed by atoms with Crippen LogP contribution in [0.15, 0.2) is 60.7 Å². The Labute approximate surface area is 257 Å². The smallest absolute Gasteiger partial charge is 0.144 e. The second kappa shape index (κ2) is 11.9. The molecule has 1 spiro atoms. The van der Waals surface area contributed by atoms with E-state index >= 15 is 0 Å². The molecular weight excluding hydrogens is 532 g/mol. The zero-order chi connectivity index (χ0) is 30.5. The minimum absolute atomic E-state index is 0.00978. The number of benzene rings is 2. The summed E-state index contributed by atoms with van der Waals surface area (Å²) in [5.74, 6) is -0.330. The minimum atomic E-state index is -0.989. The highest BCUT2D eigenvalue weighted by molar-refractivity contribution is 6.02. The quantitative estimate of drug-likeness (QED) is 0.274. The highest BCUT2D eigenvalue weighted by Gasteiger charge is 2.72. The number of Topliss-reactive ketones (excluding diaryl/α,β-unsaturated/α-hetero) is 3. The summed E-state index contributed by atoms with van der Waals surface area (Å²) in [5, 5.41) is 0. The molecule has 10 unspecified atom stereocenters. The third-order valence-corrected chi connectivity index (χ3v) is 11.6. The molecular formula is C39H48O4. The van der Waals surface area contributed by atoms with Gasteiger partial charge in [-0.2, -0.15) is 0 Å². The first-order valence-electron chi connectivity index (χ1n) is 16.7. The molecule has 2 aliphatic carbocycles. The van der Waals surface area contributed by atoms with Crippen molar-refractivity contribution in [2.45, 2.75) is 91.3 Å². The van der Waals surface area contributed by atoms with Crippen molar-refractivity contribution in [1.29, 1.82) is 0 Å². The summed E-state index contributed by atoms with van der Waals surface area (Å²) < 4.78 is 6.71. The summed E-state index contributed by atoms with van der Waals surface area (Å²) in [6.07, 6.45) is 9.47. The Kier molecular flexibility index (Phi) is 8.37. The minimum Gasteiger partial charge on any atom is -0.361 e. The van der Waals surface area contributed by atoms with Gasteiger partial charge in [-0.3, -0.25) is 14.4 Å². The van der Waals surface area contributed by atoms with Gasteiger partial charge in [-0.1, -0.05) is 105 Å². The first kappa shape index (κ1) is 30.2. The van der Waals surface area contributed by atoms with Gasteiger partial charge in [-0.05, 0) is 67.9 Å². The van der Waals surface area contributed by atoms with Crippen LogP contribution >= 0.6 is 0 Å². The zero-order valence-electron chi connectivity index (χ0n) is 26.6. The second-order valence-corrected chi connectivity index (χ2v) is 14.5. The topological polar surface area (TPSA) is 60.4 Å². The largest absolute Gasteiger partial charge is 0.361 e. The molecule has 6 rings (SSSR count). The number of fused-ring (bicyclic) bond motifs is 1. The van der Waals surface area contributed by atoms with Crippen molar-refractivity contribution in [3.8, 4) is 0 Å². The Morgan fingerprint density at radius 1 is 0.977 bits per heavy atom. The highest BCUT2D eigenvalue weighted by Crippen LogP contribution is 2.61. The summed E-state index contributed by atoms with van der Waals surface area (Å²) >= 11 is 0. The Morgan fingerprint density at radius 2 is 1.70 bits per heavy atom. The number of carbonyl (C=O) groups excluding carboxylic acids is 3. The summed E-state index contributed by atoms with van der Waals surface area (Å²) in [4.78, 5) is 43.1. The molecule has 2 aromatic rings. The maximum atomic E-state index is 14.6. The Balaban J connectivity index is 1.30. The lowest BCUT2D eigenvalue weighted by atomic mass is 9.67. The van der Waals surface area contributed by atoms with Crippen LogP contribution in [0.1, 0.15) is 75.1 Å². The normalized spacial score (nSPS) is 35.2. The molecule has 0 radical (unpaired) electrons. The van der Waals surface area contributed by atoms with Gasteiger partial charge in [0.1, 0.15) is 23.0 Å². The summed E-state index contributed by atoms with van der Waals surface area (Å²) in [7, 11) is 0. The van der Waals surface area contributed by atoms with Gasteiger partial charge in [0.05, 0.1) is 23.9 Å². The summed E-state index contributed by atoms with van der Waals surface area (Å²) in [6.45, 7) is 10.8. The van der Waals surface area contributed by atoms with Crippen LogP contribution in [0.2, 0.25) is 0 Å². The van der Waals surface area contributed by atoms with Crippen LogP contribution in [-0.4, -0.2) is 29.1 Å². The number of aryl methyl sites for hydroxylation is 3. The SMILES string of the molecule is Cc1cc(C)cc(CC(=O)C2C3C=CC4(O3)C(C(=O)CC3CCCC(C)C3C)C(C(C)CCc3ccccc3)C(=O)C24)c1. The lowest BCUT2D eigenvalue weighted by Gasteiger charge is -2.37. The van der Waals surface area contributed by atoms with Gasteiger partial charge in [0, 0.05) is 18.8 Å². The standard InChI is InChI=1S/C39H48O4/c1-23-18-24(2)20-29(19-23)21-31(40)35-33-16-17-39(43-33)36(32(41)22-30-13-9-10-25(3)27(30)5)34(38(42)37(35)39)26(4)14-15-28-11-7-6-8-12-28/h6-8,11-12,16-20,25-27,30,33-37H,9-10,13-15,21-22H2,1-5H3. The van der Waals surface area contributed by atoms with Crippen molar-refractivity contribution in [2.24, 2.45) is 47.3 Å². The molecule has 3 fully saturated rings. The zero-order valence-corrected chi connectivity index (χ0v) is 26.6. The summed E-state index contributed by atoms with van der Waals surface area (Å²) in [6, 6.07) is 16.6. The number of rotatable bonds is 10. The van der Waals surface area contributed by atoms with Crippen molar-refractivity contribution in [2.75, 3.05) is 0 Å². The van der Waals surface area contributed by atoms with Crippen molar-refractivity contribution < 1.29 is 19.1 Å². The van der Waals surface area contributed by atoms with Crippen molar-refractivity contribution in [3.05, 3.63) is 82.9 Å². The monoisotopic (exact) mass is 580 g/mol. The third-order valence-electron chi connectivity index (χ3n) is 11.6. The van der Waals surface area contributed by atoms with E-state index in [9.17, 15) is 14.4 Å². The predicted molar refractivity (Wildman–Crippen MR) is 170 cm³/mol. The van der Waals surface area contributed by atoms with Crippen LogP contribution in [0.5, 0.6) is 0 Å². The van der Waals surface area contributed by atoms with Gasteiger partial charge in [0.2, 0.25) is 0 Å². The fourth-order valence-corrected chi connectivity index (χ4v) is 9.33. The van der Waals surface area contributed by atoms with Crippen LogP contribution in [0.3, 0.4) is 0 Å². The average Bonchev–Trinajstić information content (AvgIpc) is 3.61. The van der Waals surface area contributed by atoms with E-state index in [1.807, 2.05) is 44.2 Å². The van der Waals surface area contributed by atoms with E-state index in [-0.39, 0.29) is 29.7 Å². The van der Waals surface area contributed by atoms with Crippen LogP contribution in [0, 0.1) is 61.2 Å². The number of ketones is 3. The number of ether oxygens (including phenoxy) is 1. The molecule has 2 aliphatic heterocycles. The van der Waals surface area contributed by atoms with Gasteiger partial charge in [-0.15, -0.1) is 0 Å². The molecule has 2 saturated carbocycles. The fourth-order valence-electron chi connectivity index (χ4n) is 9.33. The van der Waals surface area contributed by atoms with Crippen LogP contribution in [-0.2, 0) is 32.0 Å². The molecule has 4 aliphatic rings. The van der Waals surface area contributed by atoms with Gasteiger partial charge < -0.3 is 4.74 Å². The van der Waals surface area contributed by atoms with E-state index in [1.54, 1.807) is 0 Å². The third kappa shape index (κ3) is 5.50. The summed E-state index contributed by atoms with van der Waals surface area (Å²) in [5.41, 5.74) is 3.49. The lowest BCUT2D eigenvalue weighted by Crippen LogP contribution is -2.44. The molecule has 0 aromatic heterocycles. The number of hydrogen-bond donors (Lipinski definition) is 0. The van der Waals surface area contributed by atoms with Crippen molar-refractivity contribution in [1.82, 2.24) is 0 Å². The van der Waals surface area contributed by atoms with E-state index in [2.05, 4.69) is 51.1 Å². The van der Waals surface area contributed by atoms with E-state index in [1.165, 1.54) is 12.0 Å². The molecule has 4 heteroatoms. The van der Waals surface area contributed by atoms with Crippen LogP contribution in [0.25, 0.3) is 0 Å². The highest BCUT2D eigenvalue weighted by atomic mass is 16.5. The molecule has 0 N–H and O–H groups in total. The van der Waals surface area contributed by atoms with Crippen molar-refractivity contribution >= 4 is 17.3 Å². The van der Waals surface area contributed by atoms with E-state index in [0.29, 0.717) is 24.2 Å². The van der Waals surface area contributed by atoms with Crippen LogP contribution in [0.4, 0.5) is 0 Å². The van der Waals surface area contributed by atoms with E-state index < -0.39 is 35.4 Å². The van der Waals surface area contributed by atoms with Gasteiger partial charge in [0.15, 0.2) is 0 Å². The van der Waals surface area contributed by atoms with E-state index in [4.69, 9.17) is 4.74 Å². The van der Waals surface area contributed by atoms with Crippen molar-refractivity contribution in [3.63, 3.8) is 0 Å². The molecule has 2 bridgehead atoms. The molecule has 228 valence electrons. The van der Waals surface area contributed by atoms with E-state index in [0.717, 1.165) is 42.4 Å². The molecule has 2 aromatic carbocycles. The maximum absolute atomic E-state index is 14.6. The predicted octanol–water partition coefficient (Wildman–Crippen LogP) is 7.47. The molecule has 1 saturated heterocycles. The first-order valence-corrected chi connectivity index (χ1v) is 16.7. The maximum Gasteiger partial charge on any atom is 0.144 e. The molecule has 43 heavy (non-hydrogen) atoms. The van der Waals surface area contributed by atoms with Gasteiger partial charge >= 0.3 is 0 Å². The average molecular weight is 581 g/mol. The Morgan fingerprint density at radius 3 is 2.42 bits per heavy atom. The Hall–Kier alpha value is -2.85. The molecule has 10 atom stereocenters. The van der Waals surface area contributed by atoms with Gasteiger partial charge in [-0.25, -0.2) is 0 Å². The molecule has 4 nitrogen and oxygen atoms in total. The van der Waals surface area contributed by atoms with Crippen LogP contribution < -0.4 is 0 Å². The Bertz CT molecular complexity index is 1390. The molecule has 2 heterocycles. The number of carbonyl (C=O) groups is 3. The lowest BCUT2D eigenvalue weighted by molar-refractivity contribution is -0.137. The second-order valence-electron chi connectivity index (χ2n) is 14.5. The fraction of sp³-hybridized carbons (Fsp3) is 0.564. The van der Waals surface area contributed by atoms with Gasteiger partial charge in [0.25, 0.3) is 0 Å². The number of hydrogen-bond acceptors (Lipinski definition) is 4. The molecule has 0 amide bonds. The first-order chi connectivity index (χ1) is 20.6.